The van der Waals surface area contributed by atoms with Gasteiger partial charge in [0.25, 0.3) is 15.9 Å². The number of hydrogen-bond donors (Lipinski definition) is 2. The van der Waals surface area contributed by atoms with Gasteiger partial charge in [-0.1, -0.05) is 0 Å². The first-order valence-electron chi connectivity index (χ1n) is 12.2. The van der Waals surface area contributed by atoms with Crippen molar-refractivity contribution in [2.75, 3.05) is 42.5 Å². The first-order valence-corrected chi connectivity index (χ1v) is 13.7. The van der Waals surface area contributed by atoms with E-state index in [1.807, 2.05) is 16.5 Å². The van der Waals surface area contributed by atoms with Gasteiger partial charge in [0.05, 0.1) is 4.90 Å². The molecule has 2 aromatic carbocycles. The fraction of sp³-hybridized carbons (Fsp3) is 0.385. The molecule has 0 aromatic heterocycles. The summed E-state index contributed by atoms with van der Waals surface area (Å²) in [5.41, 5.74) is 8.31. The first-order chi connectivity index (χ1) is 17.5. The number of hydrogen-bond acceptors (Lipinski definition) is 7. The number of halogens is 1. The van der Waals surface area contributed by atoms with Gasteiger partial charge in [-0.15, -0.1) is 0 Å². The zero-order valence-electron chi connectivity index (χ0n) is 21.0. The summed E-state index contributed by atoms with van der Waals surface area (Å²) >= 11 is 0. The van der Waals surface area contributed by atoms with Crippen LogP contribution in [0.3, 0.4) is 0 Å². The highest BCUT2D eigenvalue weighted by molar-refractivity contribution is 7.90. The van der Waals surface area contributed by atoms with Crippen molar-refractivity contribution in [3.63, 3.8) is 0 Å². The SMILES string of the molecule is CC(N)=CC(=O)NS(=O)(=O)c1ccc(N2CCN(C(=O)[C@@H](C)N3CCCc4cc(F)ccc43)CC2)cc1.[HH].[HH]. The predicted octanol–water partition coefficient (Wildman–Crippen LogP) is 2.48. The van der Waals surface area contributed by atoms with Gasteiger partial charge < -0.3 is 20.4 Å². The van der Waals surface area contributed by atoms with Gasteiger partial charge in [0.1, 0.15) is 11.9 Å². The lowest BCUT2D eigenvalue weighted by Crippen LogP contribution is -2.55. The summed E-state index contributed by atoms with van der Waals surface area (Å²) in [5.74, 6) is -1.03. The van der Waals surface area contributed by atoms with Gasteiger partial charge in [0.15, 0.2) is 0 Å². The van der Waals surface area contributed by atoms with Crippen LogP contribution in [0.5, 0.6) is 0 Å². The van der Waals surface area contributed by atoms with E-state index in [1.54, 1.807) is 24.3 Å². The molecule has 0 spiro atoms. The zero-order valence-corrected chi connectivity index (χ0v) is 21.8. The lowest BCUT2D eigenvalue weighted by molar-refractivity contribution is -0.132. The fourth-order valence-electron chi connectivity index (χ4n) is 4.84. The number of carbonyl (C=O) groups excluding carboxylic acids is 2. The molecular weight excluding hydrogens is 497 g/mol. The lowest BCUT2D eigenvalue weighted by atomic mass is 9.99. The van der Waals surface area contributed by atoms with Crippen LogP contribution in [0.1, 0.15) is 28.7 Å². The molecule has 202 valence electrons. The molecule has 0 aliphatic carbocycles. The molecule has 1 fully saturated rings. The van der Waals surface area contributed by atoms with E-state index < -0.39 is 15.9 Å². The maximum absolute atomic E-state index is 13.7. The molecule has 0 radical (unpaired) electrons. The highest BCUT2D eigenvalue weighted by Gasteiger charge is 2.31. The third-order valence-electron chi connectivity index (χ3n) is 6.72. The third kappa shape index (κ3) is 6.04. The lowest BCUT2D eigenvalue weighted by Gasteiger charge is -2.41. The summed E-state index contributed by atoms with van der Waals surface area (Å²) in [6.07, 6.45) is 2.69. The Morgan fingerprint density at radius 3 is 2.41 bits per heavy atom. The summed E-state index contributed by atoms with van der Waals surface area (Å²) in [7, 11) is -4.01. The van der Waals surface area contributed by atoms with E-state index in [-0.39, 0.29) is 31.2 Å². The number of fused-ring (bicyclic) bond motifs is 1. The molecule has 1 saturated heterocycles. The Balaban J connectivity index is 0.00000267. The number of sulfonamides is 1. The average Bonchev–Trinajstić information content (AvgIpc) is 2.86. The van der Waals surface area contributed by atoms with Gasteiger partial charge in [-0.25, -0.2) is 17.5 Å². The molecule has 9 nitrogen and oxygen atoms in total. The van der Waals surface area contributed by atoms with E-state index in [0.717, 1.165) is 42.4 Å². The quantitative estimate of drug-likeness (QED) is 0.548. The molecule has 2 aliphatic rings. The second-order valence-corrected chi connectivity index (χ2v) is 11.1. The van der Waals surface area contributed by atoms with Crippen LogP contribution in [0.4, 0.5) is 15.8 Å². The number of amides is 2. The van der Waals surface area contributed by atoms with Gasteiger partial charge in [0, 0.05) is 58.7 Å². The van der Waals surface area contributed by atoms with Crippen molar-refractivity contribution in [3.05, 3.63) is 65.6 Å². The van der Waals surface area contributed by atoms with Crippen LogP contribution >= 0.6 is 0 Å². The van der Waals surface area contributed by atoms with Gasteiger partial charge in [-0.2, -0.15) is 0 Å². The minimum Gasteiger partial charge on any atom is -0.402 e. The summed E-state index contributed by atoms with van der Waals surface area (Å²) in [5, 5.41) is 0. The second-order valence-electron chi connectivity index (χ2n) is 9.41. The number of carbonyl (C=O) groups is 2. The molecule has 0 bridgehead atoms. The van der Waals surface area contributed by atoms with Crippen molar-refractivity contribution in [1.82, 2.24) is 9.62 Å². The van der Waals surface area contributed by atoms with Crippen molar-refractivity contribution in [1.29, 1.82) is 0 Å². The summed E-state index contributed by atoms with van der Waals surface area (Å²) < 4.78 is 40.5. The number of nitrogens with zero attached hydrogens (tertiary/aromatic N) is 3. The number of nitrogens with one attached hydrogen (secondary N) is 1. The number of aryl methyl sites for hydroxylation is 1. The highest BCUT2D eigenvalue weighted by Crippen LogP contribution is 2.30. The average molecular weight is 534 g/mol. The molecule has 0 saturated carbocycles. The number of anilines is 2. The minimum atomic E-state index is -4.01. The van der Waals surface area contributed by atoms with Crippen LogP contribution in [-0.4, -0.2) is 63.9 Å². The molecule has 1 atom stereocenters. The van der Waals surface area contributed by atoms with E-state index >= 15 is 0 Å². The van der Waals surface area contributed by atoms with Crippen LogP contribution in [0, 0.1) is 5.82 Å². The maximum atomic E-state index is 13.7. The monoisotopic (exact) mass is 533 g/mol. The van der Waals surface area contributed by atoms with Crippen molar-refractivity contribution >= 4 is 33.2 Å². The molecule has 3 N–H and O–H groups in total. The number of nitrogens with two attached hydrogens (primary N) is 1. The van der Waals surface area contributed by atoms with E-state index in [2.05, 4.69) is 9.80 Å². The Kier molecular flexibility index (Phi) is 7.72. The first kappa shape index (κ1) is 26.5. The van der Waals surface area contributed by atoms with Crippen LogP contribution in [0.2, 0.25) is 0 Å². The second kappa shape index (κ2) is 10.8. The summed E-state index contributed by atoms with van der Waals surface area (Å²) in [4.78, 5) is 31.0. The molecule has 37 heavy (non-hydrogen) atoms. The van der Waals surface area contributed by atoms with E-state index in [0.29, 0.717) is 26.2 Å². The standard InChI is InChI=1S/C26H32FN5O4S.2H2/c1-18(28)16-25(33)29-37(35,36)23-8-6-22(7-9-23)30-12-14-31(15-13-30)26(34)19(2)32-11-3-4-20-17-21(27)5-10-24(20)32;;/h5-10,16-17,19H,3-4,11-15,28H2,1-2H3,(H,29,33);2*1H/t19-;;/m1../s1. The molecule has 2 amide bonds. The number of rotatable bonds is 6. The highest BCUT2D eigenvalue weighted by atomic mass is 32.2. The molecule has 2 aliphatic heterocycles. The van der Waals surface area contributed by atoms with Crippen LogP contribution < -0.4 is 20.3 Å². The van der Waals surface area contributed by atoms with Crippen molar-refractivity contribution in [2.24, 2.45) is 5.73 Å². The molecule has 0 unspecified atom stereocenters. The Morgan fingerprint density at radius 1 is 1.08 bits per heavy atom. The van der Waals surface area contributed by atoms with Gasteiger partial charge in [-0.3, -0.25) is 9.59 Å². The van der Waals surface area contributed by atoms with Crippen LogP contribution in [-0.2, 0) is 26.0 Å². The Morgan fingerprint density at radius 2 is 1.76 bits per heavy atom. The largest absolute Gasteiger partial charge is 0.402 e. The number of benzene rings is 2. The minimum absolute atomic E-state index is 0. The van der Waals surface area contributed by atoms with E-state index in [9.17, 15) is 22.4 Å². The Hall–Kier alpha value is -3.60. The predicted molar refractivity (Wildman–Crippen MR) is 144 cm³/mol. The Bertz CT molecular complexity index is 1310. The normalized spacial score (nSPS) is 17.3. The third-order valence-corrected chi connectivity index (χ3v) is 8.08. The molecule has 4 rings (SSSR count). The zero-order chi connectivity index (χ0) is 26.7. The molecule has 2 heterocycles. The molecular formula is C26H36FN5O4S. The van der Waals surface area contributed by atoms with Crippen molar-refractivity contribution in [2.45, 2.75) is 37.6 Å². The maximum Gasteiger partial charge on any atom is 0.264 e. The van der Waals surface area contributed by atoms with Gasteiger partial charge in [0.2, 0.25) is 5.91 Å². The van der Waals surface area contributed by atoms with Gasteiger partial charge in [-0.05, 0) is 74.7 Å². The molecule has 2 aromatic rings. The number of allylic oxidation sites excluding steroid dienone is 1. The summed E-state index contributed by atoms with van der Waals surface area (Å²) in [6.45, 7) is 6.42. The van der Waals surface area contributed by atoms with Crippen molar-refractivity contribution < 1.29 is 25.3 Å². The summed E-state index contributed by atoms with van der Waals surface area (Å²) in [6, 6.07) is 10.7. The topological polar surface area (TPSA) is 116 Å². The van der Waals surface area contributed by atoms with Gasteiger partial charge >= 0.3 is 0 Å². The smallest absolute Gasteiger partial charge is 0.264 e. The molecule has 11 heteroatoms. The fourth-order valence-corrected chi connectivity index (χ4v) is 5.78. The van der Waals surface area contributed by atoms with Crippen molar-refractivity contribution in [3.8, 4) is 0 Å². The van der Waals surface area contributed by atoms with E-state index in [1.165, 1.54) is 25.1 Å². The van der Waals surface area contributed by atoms with Crippen LogP contribution in [0.15, 0.2) is 59.1 Å². The van der Waals surface area contributed by atoms with E-state index in [4.69, 9.17) is 5.73 Å². The Labute approximate surface area is 219 Å². The number of piperazine rings is 1. The van der Waals surface area contributed by atoms with Crippen LogP contribution in [0.25, 0.3) is 0 Å².